The molecule has 2 atom stereocenters. The van der Waals surface area contributed by atoms with E-state index in [1.807, 2.05) is 0 Å². The summed E-state index contributed by atoms with van der Waals surface area (Å²) in [5, 5.41) is 0. The van der Waals surface area contributed by atoms with E-state index < -0.39 is 31.6 Å². The van der Waals surface area contributed by atoms with Crippen molar-refractivity contribution in [1.82, 2.24) is 0 Å². The van der Waals surface area contributed by atoms with Crippen LogP contribution in [0.2, 0.25) is 0 Å². The van der Waals surface area contributed by atoms with Crippen molar-refractivity contribution in [2.75, 3.05) is 19.1 Å². The average molecular weight is 320 g/mol. The highest BCUT2D eigenvalue weighted by Gasteiger charge is 2.28. The van der Waals surface area contributed by atoms with E-state index in [-0.39, 0.29) is 21.9 Å². The molecule has 0 radical (unpaired) electrons. The van der Waals surface area contributed by atoms with Crippen LogP contribution in [0.1, 0.15) is 18.4 Å². The highest BCUT2D eigenvalue weighted by atomic mass is 32.2. The molecular weight excluding hydrogens is 300 g/mol. The Labute approximate surface area is 120 Å². The molecule has 0 aliphatic heterocycles. The van der Waals surface area contributed by atoms with Crippen LogP contribution < -0.4 is 11.5 Å². The molecule has 20 heavy (non-hydrogen) atoms. The maximum Gasteiger partial charge on any atom is 0.175 e. The molecule has 0 bridgehead atoms. The molecule has 6 nitrogen and oxygen atoms in total. The van der Waals surface area contributed by atoms with Crippen LogP contribution in [-0.2, 0) is 19.7 Å². The minimum absolute atomic E-state index is 0.0341. The Kier molecular flexibility index (Phi) is 4.96. The molecule has 0 aromatic heterocycles. The van der Waals surface area contributed by atoms with E-state index >= 15 is 0 Å². The molecule has 0 heterocycles. The van der Waals surface area contributed by atoms with Gasteiger partial charge in [0.2, 0.25) is 0 Å². The monoisotopic (exact) mass is 320 g/mol. The van der Waals surface area contributed by atoms with Gasteiger partial charge >= 0.3 is 0 Å². The summed E-state index contributed by atoms with van der Waals surface area (Å²) in [5.74, 6) is -0.550. The topological polar surface area (TPSA) is 120 Å². The summed E-state index contributed by atoms with van der Waals surface area (Å²) in [6, 6.07) is 3.70. The van der Waals surface area contributed by atoms with E-state index in [0.717, 1.165) is 12.5 Å². The van der Waals surface area contributed by atoms with Crippen LogP contribution in [0, 0.1) is 0 Å². The summed E-state index contributed by atoms with van der Waals surface area (Å²) in [7, 11) is -7.16. The molecule has 0 spiro atoms. The lowest BCUT2D eigenvalue weighted by molar-refractivity contribution is 0.548. The van der Waals surface area contributed by atoms with Crippen molar-refractivity contribution in [3.8, 4) is 0 Å². The van der Waals surface area contributed by atoms with Gasteiger partial charge in [-0.15, -0.1) is 0 Å². The first-order valence-electron chi connectivity index (χ1n) is 5.98. The van der Waals surface area contributed by atoms with Crippen molar-refractivity contribution < 1.29 is 16.8 Å². The molecule has 4 N–H and O–H groups in total. The second kappa shape index (κ2) is 5.80. The van der Waals surface area contributed by atoms with Gasteiger partial charge in [0.1, 0.15) is 0 Å². The Morgan fingerprint density at radius 2 is 1.45 bits per heavy atom. The quantitative estimate of drug-likeness (QED) is 0.780. The number of nitrogens with two attached hydrogens (primary N) is 2. The molecule has 1 aromatic carbocycles. The molecule has 0 aliphatic rings. The molecule has 1 aromatic rings. The van der Waals surface area contributed by atoms with E-state index in [0.29, 0.717) is 0 Å². The summed E-state index contributed by atoms with van der Waals surface area (Å²) in [4.78, 5) is -0.0682. The Hall–Kier alpha value is -0.960. The molecule has 0 amide bonds. The third kappa shape index (κ3) is 3.57. The fourth-order valence-electron chi connectivity index (χ4n) is 2.13. The molecule has 2 unspecified atom stereocenters. The van der Waals surface area contributed by atoms with Gasteiger partial charge in [0.05, 0.1) is 9.79 Å². The van der Waals surface area contributed by atoms with Crippen molar-refractivity contribution in [1.29, 1.82) is 0 Å². The van der Waals surface area contributed by atoms with Gasteiger partial charge in [-0.1, -0.05) is 6.07 Å². The standard InChI is InChI=1S/C12H20N2O4S2/c1-8(14)9(7-13)12-10(19(2,15)16)5-4-6-11(12)20(3,17)18/h4-6,8-9H,7,13-14H2,1-3H3. The fourth-order valence-corrected chi connectivity index (χ4v) is 4.17. The first-order chi connectivity index (χ1) is 9.00. The second-order valence-corrected chi connectivity index (χ2v) is 8.88. The predicted molar refractivity (Wildman–Crippen MR) is 78.1 cm³/mol. The number of hydrogen-bond donors (Lipinski definition) is 2. The van der Waals surface area contributed by atoms with Crippen molar-refractivity contribution >= 4 is 19.7 Å². The Bertz CT molecular complexity index is 644. The Morgan fingerprint density at radius 1 is 1.05 bits per heavy atom. The number of sulfone groups is 2. The average Bonchev–Trinajstić information content (AvgIpc) is 2.26. The van der Waals surface area contributed by atoms with Crippen LogP contribution in [-0.4, -0.2) is 41.9 Å². The predicted octanol–water partition coefficient (Wildman–Crippen LogP) is -0.117. The van der Waals surface area contributed by atoms with Gasteiger partial charge in [-0.2, -0.15) is 0 Å². The normalized spacial score (nSPS) is 15.8. The van der Waals surface area contributed by atoms with E-state index in [1.54, 1.807) is 6.92 Å². The van der Waals surface area contributed by atoms with E-state index in [9.17, 15) is 16.8 Å². The van der Waals surface area contributed by atoms with E-state index in [2.05, 4.69) is 0 Å². The Balaban J connectivity index is 3.83. The third-order valence-electron chi connectivity index (χ3n) is 3.08. The zero-order valence-electron chi connectivity index (χ0n) is 11.7. The molecule has 114 valence electrons. The van der Waals surface area contributed by atoms with Gasteiger partial charge in [0.25, 0.3) is 0 Å². The summed E-state index contributed by atoms with van der Waals surface area (Å²) in [6.07, 6.45) is 2.07. The SMILES string of the molecule is CC(N)C(CN)c1c(S(C)(=O)=O)cccc1S(C)(=O)=O. The van der Waals surface area contributed by atoms with Crippen molar-refractivity contribution in [3.63, 3.8) is 0 Å². The summed E-state index contributed by atoms with van der Waals surface area (Å²) in [6.45, 7) is 1.73. The van der Waals surface area contributed by atoms with Gasteiger partial charge in [-0.3, -0.25) is 0 Å². The number of rotatable bonds is 5. The first kappa shape index (κ1) is 17.1. The van der Waals surface area contributed by atoms with Crippen LogP contribution in [0.5, 0.6) is 0 Å². The van der Waals surface area contributed by atoms with Gasteiger partial charge in [0.15, 0.2) is 19.7 Å². The lowest BCUT2D eigenvalue weighted by atomic mass is 9.93. The van der Waals surface area contributed by atoms with Crippen LogP contribution in [0.4, 0.5) is 0 Å². The van der Waals surface area contributed by atoms with Crippen LogP contribution in [0.3, 0.4) is 0 Å². The molecule has 1 rings (SSSR count). The summed E-state index contributed by atoms with van der Waals surface area (Å²) < 4.78 is 47.6. The van der Waals surface area contributed by atoms with E-state index in [1.165, 1.54) is 18.2 Å². The number of benzene rings is 1. The molecule has 0 saturated carbocycles. The summed E-state index contributed by atoms with van der Waals surface area (Å²) in [5.41, 5.74) is 11.7. The maximum atomic E-state index is 11.9. The highest BCUT2D eigenvalue weighted by molar-refractivity contribution is 7.91. The summed E-state index contributed by atoms with van der Waals surface area (Å²) >= 11 is 0. The zero-order chi connectivity index (χ0) is 15.7. The molecular formula is C12H20N2O4S2. The van der Waals surface area contributed by atoms with Crippen molar-refractivity contribution in [3.05, 3.63) is 23.8 Å². The van der Waals surface area contributed by atoms with Gasteiger partial charge in [-0.05, 0) is 24.6 Å². The third-order valence-corrected chi connectivity index (χ3v) is 5.39. The van der Waals surface area contributed by atoms with Crippen molar-refractivity contribution in [2.45, 2.75) is 28.7 Å². The largest absolute Gasteiger partial charge is 0.330 e. The van der Waals surface area contributed by atoms with Crippen LogP contribution in [0.25, 0.3) is 0 Å². The highest BCUT2D eigenvalue weighted by Crippen LogP contribution is 2.31. The van der Waals surface area contributed by atoms with Gasteiger partial charge in [0, 0.05) is 31.0 Å². The number of hydrogen-bond acceptors (Lipinski definition) is 6. The van der Waals surface area contributed by atoms with Crippen LogP contribution >= 0.6 is 0 Å². The van der Waals surface area contributed by atoms with Crippen LogP contribution in [0.15, 0.2) is 28.0 Å². The Morgan fingerprint density at radius 3 is 1.70 bits per heavy atom. The lowest BCUT2D eigenvalue weighted by Crippen LogP contribution is -2.32. The smallest absolute Gasteiger partial charge is 0.175 e. The maximum absolute atomic E-state index is 11.9. The first-order valence-corrected chi connectivity index (χ1v) is 9.77. The lowest BCUT2D eigenvalue weighted by Gasteiger charge is -2.24. The van der Waals surface area contributed by atoms with Gasteiger partial charge in [-0.25, -0.2) is 16.8 Å². The molecule has 0 fully saturated rings. The zero-order valence-corrected chi connectivity index (χ0v) is 13.3. The van der Waals surface area contributed by atoms with E-state index in [4.69, 9.17) is 11.5 Å². The van der Waals surface area contributed by atoms with Gasteiger partial charge < -0.3 is 11.5 Å². The second-order valence-electron chi connectivity index (χ2n) is 4.91. The molecule has 0 saturated heterocycles. The fraction of sp³-hybridized carbons (Fsp3) is 0.500. The molecule has 0 aliphatic carbocycles. The minimum Gasteiger partial charge on any atom is -0.330 e. The van der Waals surface area contributed by atoms with Crippen molar-refractivity contribution in [2.24, 2.45) is 11.5 Å². The molecule has 8 heteroatoms. The minimum atomic E-state index is -3.58.